The maximum Gasteiger partial charge on any atom is 0.305 e. The summed E-state index contributed by atoms with van der Waals surface area (Å²) in [7, 11) is 0. The highest BCUT2D eigenvalue weighted by atomic mass is 16.4. The topological polar surface area (TPSA) is 86.7 Å². The van der Waals surface area contributed by atoms with Crippen LogP contribution in [0.15, 0.2) is 12.7 Å². The van der Waals surface area contributed by atoms with Gasteiger partial charge in [0.15, 0.2) is 0 Å². The fourth-order valence-corrected chi connectivity index (χ4v) is 1.75. The molecule has 6 nitrogen and oxygen atoms in total. The van der Waals surface area contributed by atoms with Gasteiger partial charge >= 0.3 is 5.97 Å². The molecule has 0 aromatic carbocycles. The number of carbonyl (C=O) groups is 3. The van der Waals surface area contributed by atoms with Gasteiger partial charge in [0.2, 0.25) is 11.8 Å². The Bertz CT molecular complexity index is 340. The van der Waals surface area contributed by atoms with E-state index in [1.54, 1.807) is 6.08 Å². The Morgan fingerprint density at radius 1 is 1.59 bits per heavy atom. The normalized spacial score (nSPS) is 19.6. The molecule has 6 heteroatoms. The Morgan fingerprint density at radius 2 is 2.29 bits per heavy atom. The Kier molecular flexibility index (Phi) is 4.68. The van der Waals surface area contributed by atoms with Gasteiger partial charge in [-0.05, 0) is 6.42 Å². The fourth-order valence-electron chi connectivity index (χ4n) is 1.75. The molecule has 0 radical (unpaired) electrons. The number of allylic oxidation sites excluding steroid dienone is 1. The van der Waals surface area contributed by atoms with Crippen LogP contribution in [0.4, 0.5) is 0 Å². The average Bonchev–Trinajstić information content (AvgIpc) is 2.28. The van der Waals surface area contributed by atoms with Crippen molar-refractivity contribution in [2.45, 2.75) is 25.3 Å². The van der Waals surface area contributed by atoms with Crippen LogP contribution in [-0.4, -0.2) is 46.9 Å². The van der Waals surface area contributed by atoms with E-state index in [-0.39, 0.29) is 18.7 Å². The summed E-state index contributed by atoms with van der Waals surface area (Å²) in [4.78, 5) is 35.3. The molecule has 2 amide bonds. The summed E-state index contributed by atoms with van der Waals surface area (Å²) < 4.78 is 0. The van der Waals surface area contributed by atoms with Crippen LogP contribution in [0.3, 0.4) is 0 Å². The molecule has 0 aliphatic carbocycles. The SMILES string of the molecule is C=CCCC(=O)N1CCNC(=O)C1CC(=O)O. The van der Waals surface area contributed by atoms with Gasteiger partial charge in [0, 0.05) is 19.5 Å². The summed E-state index contributed by atoms with van der Waals surface area (Å²) in [6.07, 6.45) is 2.05. The second kappa shape index (κ2) is 6.03. The van der Waals surface area contributed by atoms with Crippen LogP contribution >= 0.6 is 0 Å². The van der Waals surface area contributed by atoms with Crippen LogP contribution in [0.1, 0.15) is 19.3 Å². The van der Waals surface area contributed by atoms with Crippen molar-refractivity contribution in [2.24, 2.45) is 0 Å². The van der Waals surface area contributed by atoms with E-state index in [0.29, 0.717) is 19.5 Å². The zero-order chi connectivity index (χ0) is 12.8. The number of piperazine rings is 1. The maximum atomic E-state index is 11.8. The zero-order valence-electron chi connectivity index (χ0n) is 9.52. The molecule has 1 unspecified atom stereocenters. The van der Waals surface area contributed by atoms with Crippen LogP contribution in [0.25, 0.3) is 0 Å². The van der Waals surface area contributed by atoms with Crippen molar-refractivity contribution in [1.82, 2.24) is 10.2 Å². The van der Waals surface area contributed by atoms with Gasteiger partial charge in [-0.25, -0.2) is 0 Å². The van der Waals surface area contributed by atoms with E-state index < -0.39 is 17.9 Å². The van der Waals surface area contributed by atoms with E-state index in [1.165, 1.54) is 4.90 Å². The van der Waals surface area contributed by atoms with Crippen molar-refractivity contribution in [3.63, 3.8) is 0 Å². The Labute approximate surface area is 99.3 Å². The lowest BCUT2D eigenvalue weighted by molar-refractivity contribution is -0.148. The molecule has 1 fully saturated rings. The molecule has 0 bridgehead atoms. The third-order valence-electron chi connectivity index (χ3n) is 2.58. The average molecular weight is 240 g/mol. The molecule has 1 aliphatic heterocycles. The van der Waals surface area contributed by atoms with E-state index in [4.69, 9.17) is 5.11 Å². The molecule has 1 atom stereocenters. The van der Waals surface area contributed by atoms with Gasteiger partial charge in [-0.3, -0.25) is 14.4 Å². The van der Waals surface area contributed by atoms with Crippen molar-refractivity contribution in [2.75, 3.05) is 13.1 Å². The Balaban J connectivity index is 2.70. The molecule has 1 rings (SSSR count). The van der Waals surface area contributed by atoms with Crippen LogP contribution < -0.4 is 5.32 Å². The lowest BCUT2D eigenvalue weighted by Gasteiger charge is -2.34. The van der Waals surface area contributed by atoms with Crippen molar-refractivity contribution in [3.8, 4) is 0 Å². The first-order valence-corrected chi connectivity index (χ1v) is 5.46. The Morgan fingerprint density at radius 3 is 2.88 bits per heavy atom. The standard InChI is InChI=1S/C11H16N2O4/c1-2-3-4-9(14)13-6-5-12-11(17)8(13)7-10(15)16/h2,8H,1,3-7H2,(H,12,17)(H,15,16). The minimum atomic E-state index is -1.09. The number of hydrogen-bond acceptors (Lipinski definition) is 3. The summed E-state index contributed by atoms with van der Waals surface area (Å²) >= 11 is 0. The molecule has 1 aliphatic rings. The smallest absolute Gasteiger partial charge is 0.305 e. The zero-order valence-corrected chi connectivity index (χ0v) is 9.52. The van der Waals surface area contributed by atoms with Gasteiger partial charge in [-0.1, -0.05) is 6.08 Å². The maximum absolute atomic E-state index is 11.8. The van der Waals surface area contributed by atoms with Crippen LogP contribution in [0.5, 0.6) is 0 Å². The number of nitrogens with zero attached hydrogens (tertiary/aromatic N) is 1. The first-order chi connectivity index (χ1) is 8.06. The van der Waals surface area contributed by atoms with Gasteiger partial charge in [0.25, 0.3) is 0 Å². The quantitative estimate of drug-likeness (QED) is 0.649. The lowest BCUT2D eigenvalue weighted by Crippen LogP contribution is -2.57. The molecule has 94 valence electrons. The summed E-state index contributed by atoms with van der Waals surface area (Å²) in [6.45, 7) is 4.25. The fraction of sp³-hybridized carbons (Fsp3) is 0.545. The second-order valence-corrected chi connectivity index (χ2v) is 3.82. The van der Waals surface area contributed by atoms with E-state index in [9.17, 15) is 14.4 Å². The van der Waals surface area contributed by atoms with Crippen LogP contribution in [0.2, 0.25) is 0 Å². The van der Waals surface area contributed by atoms with Crippen molar-refractivity contribution >= 4 is 17.8 Å². The number of aliphatic carboxylic acids is 1. The van der Waals surface area contributed by atoms with Crippen LogP contribution in [-0.2, 0) is 14.4 Å². The monoisotopic (exact) mass is 240 g/mol. The second-order valence-electron chi connectivity index (χ2n) is 3.82. The molecule has 1 heterocycles. The Hall–Kier alpha value is -1.85. The highest BCUT2D eigenvalue weighted by Crippen LogP contribution is 2.11. The molecule has 0 saturated carbocycles. The van der Waals surface area contributed by atoms with E-state index >= 15 is 0 Å². The predicted octanol–water partition coefficient (Wildman–Crippen LogP) is -0.246. The van der Waals surface area contributed by atoms with Crippen molar-refractivity contribution in [1.29, 1.82) is 0 Å². The number of carboxylic acids is 1. The van der Waals surface area contributed by atoms with E-state index in [0.717, 1.165) is 0 Å². The summed E-state index contributed by atoms with van der Waals surface area (Å²) in [5, 5.41) is 11.3. The number of hydrogen-bond donors (Lipinski definition) is 2. The van der Waals surface area contributed by atoms with Gasteiger partial charge in [0.1, 0.15) is 6.04 Å². The largest absolute Gasteiger partial charge is 0.481 e. The van der Waals surface area contributed by atoms with Gasteiger partial charge in [0.05, 0.1) is 6.42 Å². The third-order valence-corrected chi connectivity index (χ3v) is 2.58. The van der Waals surface area contributed by atoms with Gasteiger partial charge < -0.3 is 15.3 Å². The minimum absolute atomic E-state index is 0.203. The number of carbonyl (C=O) groups excluding carboxylic acids is 2. The molecule has 0 spiro atoms. The van der Waals surface area contributed by atoms with Gasteiger partial charge in [-0.15, -0.1) is 6.58 Å². The molecular formula is C11H16N2O4. The van der Waals surface area contributed by atoms with Gasteiger partial charge in [-0.2, -0.15) is 0 Å². The summed E-state index contributed by atoms with van der Waals surface area (Å²) in [5.74, 6) is -1.69. The molecule has 2 N–H and O–H groups in total. The molecule has 0 aromatic rings. The van der Waals surface area contributed by atoms with E-state index in [2.05, 4.69) is 11.9 Å². The molecule has 1 saturated heterocycles. The van der Waals surface area contributed by atoms with E-state index in [1.807, 2.05) is 0 Å². The minimum Gasteiger partial charge on any atom is -0.481 e. The first-order valence-electron chi connectivity index (χ1n) is 5.46. The summed E-state index contributed by atoms with van der Waals surface area (Å²) in [6, 6.07) is -0.890. The first kappa shape index (κ1) is 13.2. The molecular weight excluding hydrogens is 224 g/mol. The van der Waals surface area contributed by atoms with Crippen LogP contribution in [0, 0.1) is 0 Å². The number of amides is 2. The number of rotatable bonds is 5. The number of nitrogens with one attached hydrogen (secondary N) is 1. The highest BCUT2D eigenvalue weighted by Gasteiger charge is 2.34. The molecule has 17 heavy (non-hydrogen) atoms. The van der Waals surface area contributed by atoms with Crippen molar-refractivity contribution in [3.05, 3.63) is 12.7 Å². The lowest BCUT2D eigenvalue weighted by atomic mass is 10.1. The van der Waals surface area contributed by atoms with Crippen molar-refractivity contribution < 1.29 is 19.5 Å². The molecule has 0 aromatic heterocycles. The predicted molar refractivity (Wildman–Crippen MR) is 60.2 cm³/mol. The summed E-state index contributed by atoms with van der Waals surface area (Å²) in [5.41, 5.74) is 0. The third kappa shape index (κ3) is 3.58. The highest BCUT2D eigenvalue weighted by molar-refractivity contribution is 5.91. The number of carboxylic acid groups (broad SMARTS) is 1.